The lowest BCUT2D eigenvalue weighted by Gasteiger charge is -2.63. The minimum absolute atomic E-state index is 0.0421. The number of carbonyl (C=O) groups is 4. The highest BCUT2D eigenvalue weighted by molar-refractivity contribution is 8.14. The van der Waals surface area contributed by atoms with Crippen molar-refractivity contribution in [3.8, 4) is 0 Å². The number of Topliss-reactive ketones (excluding diaryl/α,β-unsaturated/α-hetero) is 1. The monoisotopic (exact) mass is 654 g/mol. The average molecular weight is 655 g/mol. The molecule has 4 aliphatic rings. The molecule has 12 heteroatoms. The molecular weight excluding hydrogens is 619 g/mol. The number of ketones is 2. The lowest BCUT2D eigenvalue weighted by Crippen LogP contribution is -2.70. The van der Waals surface area contributed by atoms with Gasteiger partial charge in [-0.05, 0) is 62.0 Å². The first-order chi connectivity index (χ1) is 20.9. The summed E-state index contributed by atoms with van der Waals surface area (Å²) in [4.78, 5) is 52.1. The molecule has 45 heavy (non-hydrogen) atoms. The molecule has 1 N–H and O–H groups in total. The Labute approximate surface area is 261 Å². The maximum Gasteiger partial charge on any atom is 0.416 e. The zero-order valence-corrected chi connectivity index (χ0v) is 26.1. The van der Waals surface area contributed by atoms with Crippen LogP contribution in [0.1, 0.15) is 69.3 Å². The van der Waals surface area contributed by atoms with Crippen LogP contribution in [0.5, 0.6) is 0 Å². The highest BCUT2D eigenvalue weighted by Crippen LogP contribution is 2.72. The number of ether oxygens (including phenoxy) is 1. The topological polar surface area (TPSA) is 97.7 Å². The fourth-order valence-electron chi connectivity index (χ4n) is 8.64. The largest absolute Gasteiger partial charge is 0.449 e. The van der Waals surface area contributed by atoms with Gasteiger partial charge >= 0.3 is 12.1 Å². The number of carbonyl (C=O) groups excluding carboxylic acids is 4. The Morgan fingerprint density at radius 3 is 2.33 bits per heavy atom. The molecule has 5 rings (SSSR count). The number of aliphatic hydroxyl groups is 1. The van der Waals surface area contributed by atoms with Crippen LogP contribution < -0.4 is 0 Å². The van der Waals surface area contributed by atoms with Crippen molar-refractivity contribution in [2.24, 2.45) is 28.6 Å². The molecule has 1 aromatic carbocycles. The van der Waals surface area contributed by atoms with Gasteiger partial charge in [-0.15, -0.1) is 0 Å². The Bertz CT molecular complexity index is 1490. The molecule has 244 valence electrons. The number of thioether (sulfide) groups is 1. The standard InChI is InChI=1S/C33H35F5O6S/c1-5-27(42)44-32(28(43)45-16-25(40)18-6-8-19(9-7-18)33(36,37)38)17(2)12-21-22-14-24(34)23-13-20(39)10-11-29(23,3)31(22,35)26(41)15-30(21,32)4/h6-11,13,17,21-22,24,26,41H,5,12,14-16H2,1-4H3/t17-,21-,22-,24-,26-,29-,30-,31-,32-/m0/s1. The van der Waals surface area contributed by atoms with Gasteiger partial charge in [0.15, 0.2) is 22.8 Å². The van der Waals surface area contributed by atoms with Crippen LogP contribution in [-0.4, -0.2) is 57.1 Å². The number of hydrogen-bond acceptors (Lipinski definition) is 7. The van der Waals surface area contributed by atoms with Crippen LogP contribution in [0.2, 0.25) is 0 Å². The molecule has 0 heterocycles. The number of hydrogen-bond donors (Lipinski definition) is 1. The van der Waals surface area contributed by atoms with E-state index in [1.807, 2.05) is 0 Å². The van der Waals surface area contributed by atoms with Crippen molar-refractivity contribution < 1.29 is 51.0 Å². The second-order valence-electron chi connectivity index (χ2n) is 13.1. The smallest absolute Gasteiger partial charge is 0.416 e. The van der Waals surface area contributed by atoms with Gasteiger partial charge in [0.05, 0.1) is 17.4 Å². The molecule has 4 aliphatic carbocycles. The second-order valence-corrected chi connectivity index (χ2v) is 14.1. The Morgan fingerprint density at radius 1 is 1.09 bits per heavy atom. The van der Waals surface area contributed by atoms with Crippen LogP contribution in [0.15, 0.2) is 48.1 Å². The first-order valence-corrected chi connectivity index (χ1v) is 15.9. The fraction of sp³-hybridized carbons (Fsp3) is 0.576. The molecule has 0 saturated heterocycles. The number of rotatable bonds is 6. The molecule has 0 aliphatic heterocycles. The lowest BCUT2D eigenvalue weighted by molar-refractivity contribution is -0.228. The Morgan fingerprint density at radius 2 is 1.73 bits per heavy atom. The van der Waals surface area contributed by atoms with Gasteiger partial charge in [-0.2, -0.15) is 13.2 Å². The quantitative estimate of drug-likeness (QED) is 0.215. The van der Waals surface area contributed by atoms with Crippen molar-refractivity contribution in [2.45, 2.75) is 83.1 Å². The predicted octanol–water partition coefficient (Wildman–Crippen LogP) is 6.40. The number of esters is 1. The van der Waals surface area contributed by atoms with Crippen molar-refractivity contribution in [3.63, 3.8) is 0 Å². The van der Waals surface area contributed by atoms with Gasteiger partial charge in [-0.1, -0.05) is 50.7 Å². The molecular formula is C33H35F5O6S. The van der Waals surface area contributed by atoms with E-state index >= 15 is 8.78 Å². The number of benzene rings is 1. The third kappa shape index (κ3) is 4.84. The summed E-state index contributed by atoms with van der Waals surface area (Å²) in [5.41, 5.74) is -8.35. The molecule has 0 bridgehead atoms. The van der Waals surface area contributed by atoms with Crippen molar-refractivity contribution in [3.05, 3.63) is 59.2 Å². The third-order valence-electron chi connectivity index (χ3n) is 10.9. The Balaban J connectivity index is 1.49. The van der Waals surface area contributed by atoms with Crippen molar-refractivity contribution >= 4 is 34.4 Å². The summed E-state index contributed by atoms with van der Waals surface area (Å²) in [6.45, 7) is 6.29. The zero-order chi connectivity index (χ0) is 33.3. The van der Waals surface area contributed by atoms with Gasteiger partial charge in [-0.25, -0.2) is 8.78 Å². The number of aliphatic hydroxyl groups excluding tert-OH is 1. The van der Waals surface area contributed by atoms with E-state index in [0.29, 0.717) is 11.8 Å². The summed E-state index contributed by atoms with van der Waals surface area (Å²) in [5.74, 6) is -4.87. The minimum atomic E-state index is -4.59. The molecule has 6 nitrogen and oxygen atoms in total. The van der Waals surface area contributed by atoms with E-state index in [1.165, 1.54) is 26.0 Å². The van der Waals surface area contributed by atoms with E-state index in [-0.39, 0.29) is 36.8 Å². The van der Waals surface area contributed by atoms with Crippen LogP contribution in [-0.2, 0) is 25.3 Å². The van der Waals surface area contributed by atoms with Crippen LogP contribution >= 0.6 is 11.8 Å². The maximum atomic E-state index is 17.6. The van der Waals surface area contributed by atoms with Crippen LogP contribution in [0.4, 0.5) is 22.0 Å². The number of allylic oxidation sites excluding steroid dienone is 4. The van der Waals surface area contributed by atoms with Crippen LogP contribution in [0.25, 0.3) is 0 Å². The van der Waals surface area contributed by atoms with E-state index in [4.69, 9.17) is 4.74 Å². The first kappa shape index (κ1) is 33.5. The normalized spacial score (nSPS) is 38.9. The third-order valence-corrected chi connectivity index (χ3v) is 11.9. The number of fused-ring (bicyclic) bond motifs is 5. The molecule has 3 fully saturated rings. The number of alkyl halides is 5. The van der Waals surface area contributed by atoms with E-state index in [0.717, 1.165) is 30.3 Å². The van der Waals surface area contributed by atoms with Crippen molar-refractivity contribution in [1.82, 2.24) is 0 Å². The molecule has 9 atom stereocenters. The first-order valence-electron chi connectivity index (χ1n) is 14.9. The van der Waals surface area contributed by atoms with Gasteiger partial charge in [0.1, 0.15) is 6.17 Å². The zero-order valence-electron chi connectivity index (χ0n) is 25.3. The van der Waals surface area contributed by atoms with Crippen LogP contribution in [0.3, 0.4) is 0 Å². The van der Waals surface area contributed by atoms with E-state index < -0.39 is 92.3 Å². The Hall–Kier alpha value is -2.86. The molecule has 3 saturated carbocycles. The molecule has 0 spiro atoms. The average Bonchev–Trinajstić information content (AvgIpc) is 3.19. The summed E-state index contributed by atoms with van der Waals surface area (Å²) in [7, 11) is 0. The summed E-state index contributed by atoms with van der Waals surface area (Å²) < 4.78 is 78.2. The van der Waals surface area contributed by atoms with E-state index in [1.54, 1.807) is 13.8 Å². The molecule has 0 unspecified atom stereocenters. The van der Waals surface area contributed by atoms with Gasteiger partial charge in [0, 0.05) is 34.7 Å². The SMILES string of the molecule is CCC(=O)O[C@]1(C(=O)SCC(=O)c2ccc(C(F)(F)F)cc2)[C@@H](C)C[C@H]2[C@@H]3C[C@H](F)C4=CC(=O)C=C[C@]4(C)[C@@]3(F)[C@@H](O)C[C@@]21C. The maximum absolute atomic E-state index is 17.6. The predicted molar refractivity (Wildman–Crippen MR) is 156 cm³/mol. The molecule has 0 radical (unpaired) electrons. The summed E-state index contributed by atoms with van der Waals surface area (Å²) in [5, 5.41) is 10.9. The summed E-state index contributed by atoms with van der Waals surface area (Å²) >= 11 is 0.549. The van der Waals surface area contributed by atoms with Gasteiger partial charge in [-0.3, -0.25) is 19.2 Å². The van der Waals surface area contributed by atoms with Gasteiger partial charge in [0.25, 0.3) is 0 Å². The number of halogens is 5. The van der Waals surface area contributed by atoms with Crippen LogP contribution in [0, 0.1) is 28.6 Å². The van der Waals surface area contributed by atoms with Crippen molar-refractivity contribution in [2.75, 3.05) is 5.75 Å². The molecule has 0 amide bonds. The fourth-order valence-corrected chi connectivity index (χ4v) is 9.76. The highest BCUT2D eigenvalue weighted by Gasteiger charge is 2.78. The van der Waals surface area contributed by atoms with Gasteiger partial charge < -0.3 is 9.84 Å². The van der Waals surface area contributed by atoms with Gasteiger partial charge in [0.2, 0.25) is 5.12 Å². The van der Waals surface area contributed by atoms with E-state index in [9.17, 15) is 37.5 Å². The summed E-state index contributed by atoms with van der Waals surface area (Å²) in [6, 6.07) is 3.57. The van der Waals surface area contributed by atoms with Crippen molar-refractivity contribution in [1.29, 1.82) is 0 Å². The molecule has 1 aromatic rings. The highest BCUT2D eigenvalue weighted by atomic mass is 32.2. The minimum Gasteiger partial charge on any atom is -0.449 e. The summed E-state index contributed by atoms with van der Waals surface area (Å²) in [6.07, 6.45) is -5.09. The van der Waals surface area contributed by atoms with E-state index in [2.05, 4.69) is 0 Å². The lowest BCUT2D eigenvalue weighted by atomic mass is 9.44. The Kier molecular flexibility index (Phi) is 8.29. The molecule has 0 aromatic heterocycles. The second kappa shape index (κ2) is 11.1.